The molecule has 1 amide bonds. The van der Waals surface area contributed by atoms with Gasteiger partial charge in [-0.15, -0.1) is 0 Å². The van der Waals surface area contributed by atoms with Crippen molar-refractivity contribution < 1.29 is 14.5 Å². The van der Waals surface area contributed by atoms with Crippen LogP contribution in [0.5, 0.6) is 5.75 Å². The summed E-state index contributed by atoms with van der Waals surface area (Å²) in [4.78, 5) is 23.6. The highest BCUT2D eigenvalue weighted by Crippen LogP contribution is 2.29. The van der Waals surface area contributed by atoms with Gasteiger partial charge in [0, 0.05) is 24.2 Å². The van der Waals surface area contributed by atoms with Gasteiger partial charge in [0.15, 0.2) is 0 Å². The smallest absolute Gasteiger partial charge is 0.410 e. The molecule has 20 heavy (non-hydrogen) atoms. The van der Waals surface area contributed by atoms with Gasteiger partial charge < -0.3 is 9.64 Å². The molecule has 0 saturated heterocycles. The summed E-state index contributed by atoms with van der Waals surface area (Å²) in [6.45, 7) is 8.00. The number of rotatable bonds is 3. The van der Waals surface area contributed by atoms with Gasteiger partial charge in [-0.05, 0) is 33.8 Å². The molecule has 0 bridgehead atoms. The number of ether oxygens (including phenoxy) is 1. The highest BCUT2D eigenvalue weighted by molar-refractivity contribution is 6.32. The van der Waals surface area contributed by atoms with E-state index in [1.165, 1.54) is 18.2 Å². The summed E-state index contributed by atoms with van der Waals surface area (Å²) in [6, 6.07) is 3.81. The first kappa shape index (κ1) is 16.2. The number of nitrogens with zero attached hydrogens (tertiary/aromatic N) is 2. The molecular formula is C13H17ClN2O4. The summed E-state index contributed by atoms with van der Waals surface area (Å²) >= 11 is 5.76. The number of hydrogen-bond acceptors (Lipinski definition) is 4. The molecule has 0 aliphatic carbocycles. The van der Waals surface area contributed by atoms with Gasteiger partial charge in [0.2, 0.25) is 0 Å². The van der Waals surface area contributed by atoms with Gasteiger partial charge >= 0.3 is 6.09 Å². The fraction of sp³-hybridized carbons (Fsp3) is 0.462. The predicted molar refractivity (Wildman–Crippen MR) is 76.3 cm³/mol. The van der Waals surface area contributed by atoms with Crippen molar-refractivity contribution in [1.29, 1.82) is 0 Å². The van der Waals surface area contributed by atoms with Gasteiger partial charge in [-0.3, -0.25) is 10.1 Å². The Morgan fingerprint density at radius 1 is 1.45 bits per heavy atom. The first-order valence-electron chi connectivity index (χ1n) is 6.10. The summed E-state index contributed by atoms with van der Waals surface area (Å²) in [6.07, 6.45) is -0.523. The Morgan fingerprint density at radius 2 is 2.05 bits per heavy atom. The number of hydrogen-bond donors (Lipinski definition) is 0. The third-order valence-electron chi connectivity index (χ3n) is 2.67. The van der Waals surface area contributed by atoms with E-state index in [-0.39, 0.29) is 22.0 Å². The minimum Gasteiger partial charge on any atom is -0.410 e. The molecule has 7 heteroatoms. The quantitative estimate of drug-likeness (QED) is 0.627. The van der Waals surface area contributed by atoms with Crippen LogP contribution in [0, 0.1) is 10.1 Å². The molecule has 1 aromatic rings. The van der Waals surface area contributed by atoms with E-state index in [1.807, 2.05) is 27.7 Å². The zero-order valence-corrected chi connectivity index (χ0v) is 12.6. The molecular weight excluding hydrogens is 284 g/mol. The Labute approximate surface area is 122 Å². The van der Waals surface area contributed by atoms with E-state index < -0.39 is 11.0 Å². The summed E-state index contributed by atoms with van der Waals surface area (Å²) < 4.78 is 5.19. The van der Waals surface area contributed by atoms with Crippen molar-refractivity contribution in [2.45, 2.75) is 33.2 Å². The van der Waals surface area contributed by atoms with Crippen LogP contribution >= 0.6 is 11.6 Å². The summed E-state index contributed by atoms with van der Waals surface area (Å²) in [5.41, 5.74) is -0.606. The second-order valence-corrected chi connectivity index (χ2v) is 5.56. The van der Waals surface area contributed by atoms with Crippen LogP contribution < -0.4 is 4.74 Å². The number of benzene rings is 1. The lowest BCUT2D eigenvalue weighted by Gasteiger charge is -2.33. The monoisotopic (exact) mass is 300 g/mol. The Bertz CT molecular complexity index is 526. The Hall–Kier alpha value is -1.82. The zero-order valence-electron chi connectivity index (χ0n) is 11.8. The molecule has 110 valence electrons. The number of carbonyl (C=O) groups excluding carboxylic acids is 1. The minimum absolute atomic E-state index is 0.0703. The summed E-state index contributed by atoms with van der Waals surface area (Å²) in [5.74, 6) is 0.174. The maximum atomic E-state index is 12.0. The standard InChI is InChI=1S/C13H17ClN2O4/c1-5-15(13(2,3)4)12(17)20-9-6-7-11(16(18)19)10(14)8-9/h6-8H,5H2,1-4H3. The lowest BCUT2D eigenvalue weighted by molar-refractivity contribution is -0.384. The molecule has 0 fully saturated rings. The normalized spacial score (nSPS) is 11.1. The van der Waals surface area contributed by atoms with Crippen LogP contribution in [0.15, 0.2) is 18.2 Å². The Kier molecular flexibility index (Phi) is 4.94. The van der Waals surface area contributed by atoms with Crippen molar-refractivity contribution in [2.24, 2.45) is 0 Å². The molecule has 0 unspecified atom stereocenters. The van der Waals surface area contributed by atoms with Crippen molar-refractivity contribution >= 4 is 23.4 Å². The van der Waals surface area contributed by atoms with E-state index >= 15 is 0 Å². The van der Waals surface area contributed by atoms with Crippen LogP contribution in [0.3, 0.4) is 0 Å². The van der Waals surface area contributed by atoms with E-state index in [4.69, 9.17) is 16.3 Å². The number of nitro benzene ring substituents is 1. The van der Waals surface area contributed by atoms with Gasteiger partial charge in [-0.1, -0.05) is 11.6 Å². The van der Waals surface area contributed by atoms with Gasteiger partial charge in [-0.25, -0.2) is 4.79 Å². The van der Waals surface area contributed by atoms with Crippen molar-refractivity contribution in [2.75, 3.05) is 6.54 Å². The van der Waals surface area contributed by atoms with E-state index in [2.05, 4.69) is 0 Å². The molecule has 0 saturated carbocycles. The molecule has 0 aromatic heterocycles. The lowest BCUT2D eigenvalue weighted by atomic mass is 10.1. The average Bonchev–Trinajstić information content (AvgIpc) is 2.27. The van der Waals surface area contributed by atoms with Crippen molar-refractivity contribution in [1.82, 2.24) is 4.90 Å². The Morgan fingerprint density at radius 3 is 2.45 bits per heavy atom. The molecule has 0 heterocycles. The molecule has 0 spiro atoms. The molecule has 0 aliphatic rings. The average molecular weight is 301 g/mol. The van der Waals surface area contributed by atoms with Crippen molar-refractivity contribution in [3.8, 4) is 5.75 Å². The maximum absolute atomic E-state index is 12.0. The van der Waals surface area contributed by atoms with E-state index in [1.54, 1.807) is 4.90 Å². The summed E-state index contributed by atoms with van der Waals surface area (Å²) in [5, 5.41) is 10.6. The fourth-order valence-corrected chi connectivity index (χ4v) is 1.97. The van der Waals surface area contributed by atoms with E-state index in [0.29, 0.717) is 6.54 Å². The third-order valence-corrected chi connectivity index (χ3v) is 2.97. The van der Waals surface area contributed by atoms with Gasteiger partial charge in [0.05, 0.1) is 4.92 Å². The van der Waals surface area contributed by atoms with Crippen molar-refractivity contribution in [3.05, 3.63) is 33.3 Å². The predicted octanol–water partition coefficient (Wildman–Crippen LogP) is 3.87. The van der Waals surface area contributed by atoms with Crippen LogP contribution in [-0.4, -0.2) is 28.0 Å². The topological polar surface area (TPSA) is 72.7 Å². The van der Waals surface area contributed by atoms with Crippen molar-refractivity contribution in [3.63, 3.8) is 0 Å². The van der Waals surface area contributed by atoms with E-state index in [9.17, 15) is 14.9 Å². The van der Waals surface area contributed by atoms with Crippen LogP contribution in [0.4, 0.5) is 10.5 Å². The fourth-order valence-electron chi connectivity index (χ4n) is 1.73. The molecule has 0 N–H and O–H groups in total. The summed E-state index contributed by atoms with van der Waals surface area (Å²) in [7, 11) is 0. The minimum atomic E-state index is -0.596. The van der Waals surface area contributed by atoms with Gasteiger partial charge in [0.25, 0.3) is 5.69 Å². The Balaban J connectivity index is 2.91. The lowest BCUT2D eigenvalue weighted by Crippen LogP contribution is -2.46. The molecule has 0 radical (unpaired) electrons. The molecule has 0 aliphatic heterocycles. The van der Waals surface area contributed by atoms with Gasteiger partial charge in [-0.2, -0.15) is 0 Å². The van der Waals surface area contributed by atoms with Crippen LogP contribution in [0.25, 0.3) is 0 Å². The largest absolute Gasteiger partial charge is 0.415 e. The van der Waals surface area contributed by atoms with Crippen LogP contribution in [0.1, 0.15) is 27.7 Å². The second-order valence-electron chi connectivity index (χ2n) is 5.15. The zero-order chi connectivity index (χ0) is 15.5. The second kappa shape index (κ2) is 6.09. The number of nitro groups is 1. The number of amides is 1. The first-order valence-corrected chi connectivity index (χ1v) is 6.48. The highest BCUT2D eigenvalue weighted by atomic mass is 35.5. The first-order chi connectivity index (χ1) is 9.16. The number of carbonyl (C=O) groups is 1. The van der Waals surface area contributed by atoms with Crippen LogP contribution in [-0.2, 0) is 0 Å². The molecule has 1 aromatic carbocycles. The SMILES string of the molecule is CCN(C(=O)Oc1ccc([N+](=O)[O-])c(Cl)c1)C(C)(C)C. The number of halogens is 1. The van der Waals surface area contributed by atoms with Gasteiger partial charge in [0.1, 0.15) is 10.8 Å². The molecule has 1 rings (SSSR count). The highest BCUT2D eigenvalue weighted by Gasteiger charge is 2.26. The third kappa shape index (κ3) is 3.84. The molecule has 0 atom stereocenters. The van der Waals surface area contributed by atoms with E-state index in [0.717, 1.165) is 0 Å². The van der Waals surface area contributed by atoms with Crippen LogP contribution in [0.2, 0.25) is 5.02 Å². The molecule has 6 nitrogen and oxygen atoms in total. The maximum Gasteiger partial charge on any atom is 0.415 e.